The molecule has 0 heterocycles. The average molecular weight is 267 g/mol. The van der Waals surface area contributed by atoms with Crippen LogP contribution >= 0.6 is 0 Å². The van der Waals surface area contributed by atoms with Crippen LogP contribution in [0, 0.1) is 5.82 Å². The van der Waals surface area contributed by atoms with E-state index in [4.69, 9.17) is 4.74 Å². The van der Waals surface area contributed by atoms with E-state index in [0.717, 1.165) is 25.1 Å². The molecule has 1 aromatic rings. The monoisotopic (exact) mass is 267 g/mol. The van der Waals surface area contributed by atoms with Crippen LogP contribution < -0.4 is 5.32 Å². The van der Waals surface area contributed by atoms with E-state index >= 15 is 0 Å². The Kier molecular flexibility index (Phi) is 6.46. The Labute approximate surface area is 116 Å². The first-order chi connectivity index (χ1) is 9.02. The maximum Gasteiger partial charge on any atom is 0.123 e. The number of ether oxygens (including phenoxy) is 1. The summed E-state index contributed by atoms with van der Waals surface area (Å²) in [5, 5.41) is 3.48. The molecule has 0 aliphatic carbocycles. The van der Waals surface area contributed by atoms with Crippen LogP contribution in [0.4, 0.5) is 4.39 Å². The van der Waals surface area contributed by atoms with Crippen molar-refractivity contribution in [3.05, 3.63) is 35.6 Å². The molecule has 1 atom stereocenters. The lowest BCUT2D eigenvalue weighted by molar-refractivity contribution is 0.0909. The molecule has 0 saturated heterocycles. The first-order valence-electron chi connectivity index (χ1n) is 7.09. The van der Waals surface area contributed by atoms with Gasteiger partial charge in [0.25, 0.3) is 0 Å². The maximum absolute atomic E-state index is 13.0. The molecule has 0 radical (unpaired) electrons. The third kappa shape index (κ3) is 4.59. The Bertz CT molecular complexity index is 362. The summed E-state index contributed by atoms with van der Waals surface area (Å²) in [7, 11) is 0. The summed E-state index contributed by atoms with van der Waals surface area (Å²) >= 11 is 0. The number of rotatable bonds is 8. The van der Waals surface area contributed by atoms with Crippen LogP contribution in [0.2, 0.25) is 0 Å². The highest BCUT2D eigenvalue weighted by Crippen LogP contribution is 2.27. The third-order valence-corrected chi connectivity index (χ3v) is 3.54. The van der Waals surface area contributed by atoms with E-state index in [1.54, 1.807) is 0 Å². The predicted octanol–water partition coefficient (Wildman–Crippen LogP) is 3.51. The zero-order valence-corrected chi connectivity index (χ0v) is 12.5. The summed E-state index contributed by atoms with van der Waals surface area (Å²) < 4.78 is 18.7. The molecule has 1 N–H and O–H groups in total. The second-order valence-electron chi connectivity index (χ2n) is 5.41. The van der Waals surface area contributed by atoms with Crippen molar-refractivity contribution in [2.45, 2.75) is 45.6 Å². The van der Waals surface area contributed by atoms with Crippen molar-refractivity contribution in [2.24, 2.45) is 0 Å². The quantitative estimate of drug-likeness (QED) is 0.728. The predicted molar refractivity (Wildman–Crippen MR) is 78.0 cm³/mol. The average Bonchev–Trinajstić information content (AvgIpc) is 2.38. The van der Waals surface area contributed by atoms with Gasteiger partial charge in [-0.1, -0.05) is 39.8 Å². The van der Waals surface area contributed by atoms with Gasteiger partial charge in [0.15, 0.2) is 0 Å². The number of hydrogen-bond donors (Lipinski definition) is 1. The minimum atomic E-state index is -0.193. The topological polar surface area (TPSA) is 21.3 Å². The molecule has 2 nitrogen and oxygen atoms in total. The molecule has 3 heteroatoms. The molecular formula is C16H26FNO. The molecule has 0 spiro atoms. The number of hydrogen-bond acceptors (Lipinski definition) is 2. The first-order valence-corrected chi connectivity index (χ1v) is 7.09. The molecule has 0 saturated carbocycles. The minimum absolute atomic E-state index is 0.0998. The smallest absolute Gasteiger partial charge is 0.123 e. The molecular weight excluding hydrogens is 241 g/mol. The van der Waals surface area contributed by atoms with E-state index < -0.39 is 0 Å². The van der Waals surface area contributed by atoms with Gasteiger partial charge in [0.05, 0.1) is 6.61 Å². The maximum atomic E-state index is 13.0. The Balaban J connectivity index is 2.81. The largest absolute Gasteiger partial charge is 0.380 e. The van der Waals surface area contributed by atoms with Crippen LogP contribution in [0.3, 0.4) is 0 Å². The van der Waals surface area contributed by atoms with E-state index in [-0.39, 0.29) is 17.3 Å². The van der Waals surface area contributed by atoms with E-state index in [1.807, 2.05) is 12.1 Å². The number of likely N-dealkylation sites (N-methyl/N-ethyl adjacent to an activating group) is 1. The van der Waals surface area contributed by atoms with Gasteiger partial charge < -0.3 is 10.1 Å². The molecule has 19 heavy (non-hydrogen) atoms. The normalized spacial score (nSPS) is 13.5. The third-order valence-electron chi connectivity index (χ3n) is 3.54. The van der Waals surface area contributed by atoms with Gasteiger partial charge in [0, 0.05) is 18.1 Å². The Morgan fingerprint density at radius 2 is 1.84 bits per heavy atom. The van der Waals surface area contributed by atoms with E-state index in [9.17, 15) is 4.39 Å². The molecule has 0 aliphatic rings. The molecule has 1 unspecified atom stereocenters. The summed E-state index contributed by atoms with van der Waals surface area (Å²) in [6.07, 6.45) is 1.02. The Morgan fingerprint density at radius 1 is 1.21 bits per heavy atom. The zero-order valence-electron chi connectivity index (χ0n) is 12.5. The lowest BCUT2D eigenvalue weighted by Crippen LogP contribution is -2.48. The van der Waals surface area contributed by atoms with E-state index in [1.165, 1.54) is 12.1 Å². The summed E-state index contributed by atoms with van der Waals surface area (Å²) in [5.41, 5.74) is 1.03. The summed E-state index contributed by atoms with van der Waals surface area (Å²) in [4.78, 5) is 0. The molecule has 1 aromatic carbocycles. The van der Waals surface area contributed by atoms with Gasteiger partial charge in [-0.05, 0) is 30.7 Å². The zero-order chi connectivity index (χ0) is 14.3. The highest BCUT2D eigenvalue weighted by Gasteiger charge is 2.30. The van der Waals surface area contributed by atoms with Crippen molar-refractivity contribution in [1.82, 2.24) is 5.32 Å². The van der Waals surface area contributed by atoms with Gasteiger partial charge in [-0.15, -0.1) is 0 Å². The van der Waals surface area contributed by atoms with Gasteiger partial charge in [-0.2, -0.15) is 0 Å². The summed E-state index contributed by atoms with van der Waals surface area (Å²) in [6.45, 7) is 10.9. The van der Waals surface area contributed by atoms with Crippen LogP contribution in [-0.2, 0) is 10.2 Å². The van der Waals surface area contributed by atoms with Crippen LogP contribution in [0.5, 0.6) is 0 Å². The number of nitrogens with one attached hydrogen (secondary N) is 1. The number of halogens is 1. The minimum Gasteiger partial charge on any atom is -0.380 e. The van der Waals surface area contributed by atoms with Crippen molar-refractivity contribution < 1.29 is 9.13 Å². The van der Waals surface area contributed by atoms with Gasteiger partial charge >= 0.3 is 0 Å². The fourth-order valence-corrected chi connectivity index (χ4v) is 2.19. The lowest BCUT2D eigenvalue weighted by atomic mass is 9.78. The van der Waals surface area contributed by atoms with Crippen molar-refractivity contribution >= 4 is 0 Å². The SMILES string of the molecule is CCCOCC(NCC)C(C)(C)c1ccc(F)cc1. The Morgan fingerprint density at radius 3 is 2.37 bits per heavy atom. The van der Waals surface area contributed by atoms with Crippen LogP contribution in [0.1, 0.15) is 39.7 Å². The van der Waals surface area contributed by atoms with Crippen molar-refractivity contribution in [3.8, 4) is 0 Å². The summed E-state index contributed by atoms with van der Waals surface area (Å²) in [6, 6.07) is 6.98. The lowest BCUT2D eigenvalue weighted by Gasteiger charge is -2.35. The molecule has 108 valence electrons. The molecule has 1 rings (SSSR count). The number of benzene rings is 1. The fourth-order valence-electron chi connectivity index (χ4n) is 2.19. The van der Waals surface area contributed by atoms with Crippen LogP contribution in [0.15, 0.2) is 24.3 Å². The highest BCUT2D eigenvalue weighted by atomic mass is 19.1. The van der Waals surface area contributed by atoms with Crippen molar-refractivity contribution in [2.75, 3.05) is 19.8 Å². The van der Waals surface area contributed by atoms with Crippen LogP contribution in [0.25, 0.3) is 0 Å². The van der Waals surface area contributed by atoms with Gasteiger partial charge in [-0.25, -0.2) is 4.39 Å². The van der Waals surface area contributed by atoms with E-state index in [2.05, 4.69) is 33.0 Å². The second kappa shape index (κ2) is 7.61. The molecule has 0 aliphatic heterocycles. The van der Waals surface area contributed by atoms with Crippen molar-refractivity contribution in [1.29, 1.82) is 0 Å². The molecule has 0 bridgehead atoms. The fraction of sp³-hybridized carbons (Fsp3) is 0.625. The van der Waals surface area contributed by atoms with Crippen molar-refractivity contribution in [3.63, 3.8) is 0 Å². The Hall–Kier alpha value is -0.930. The van der Waals surface area contributed by atoms with Gasteiger partial charge in [0.2, 0.25) is 0 Å². The van der Waals surface area contributed by atoms with E-state index in [0.29, 0.717) is 6.61 Å². The highest BCUT2D eigenvalue weighted by molar-refractivity contribution is 5.26. The molecule has 0 fully saturated rings. The standard InChI is InChI=1S/C16H26FNO/c1-5-11-19-12-15(18-6-2)16(3,4)13-7-9-14(17)10-8-13/h7-10,15,18H,5-6,11-12H2,1-4H3. The van der Waals surface area contributed by atoms with Gasteiger partial charge in [-0.3, -0.25) is 0 Å². The first kappa shape index (κ1) is 16.1. The molecule has 0 amide bonds. The summed E-state index contributed by atoms with van der Waals surface area (Å²) in [5.74, 6) is -0.193. The van der Waals surface area contributed by atoms with Gasteiger partial charge in [0.1, 0.15) is 5.82 Å². The van der Waals surface area contributed by atoms with Crippen LogP contribution in [-0.4, -0.2) is 25.8 Å². The second-order valence-corrected chi connectivity index (χ2v) is 5.41. The molecule has 0 aromatic heterocycles.